The maximum atomic E-state index is 11.5. The van der Waals surface area contributed by atoms with Crippen LogP contribution in [0, 0.1) is 0 Å². The van der Waals surface area contributed by atoms with Crippen molar-refractivity contribution in [2.45, 2.75) is 12.5 Å². The van der Waals surface area contributed by atoms with E-state index in [2.05, 4.69) is 10.6 Å². The summed E-state index contributed by atoms with van der Waals surface area (Å²) >= 11 is 1.71. The zero-order valence-corrected chi connectivity index (χ0v) is 9.89. The van der Waals surface area contributed by atoms with Crippen LogP contribution in [0.25, 0.3) is 0 Å². The molecule has 15 heavy (non-hydrogen) atoms. The van der Waals surface area contributed by atoms with Crippen molar-refractivity contribution >= 4 is 23.6 Å². The quantitative estimate of drug-likeness (QED) is 0.668. The zero-order valence-electron chi connectivity index (χ0n) is 9.08. The fraction of sp³-hybridized carbons (Fsp3) is 0.778. The van der Waals surface area contributed by atoms with Gasteiger partial charge in [-0.1, -0.05) is 0 Å². The minimum absolute atomic E-state index is 0.00782. The lowest BCUT2D eigenvalue weighted by atomic mass is 10.3. The van der Waals surface area contributed by atoms with Crippen molar-refractivity contribution in [2.75, 3.05) is 32.3 Å². The molecule has 2 N–H and O–H groups in total. The third-order valence-electron chi connectivity index (χ3n) is 2.17. The van der Waals surface area contributed by atoms with Gasteiger partial charge in [-0.05, 0) is 0 Å². The Morgan fingerprint density at radius 3 is 2.80 bits per heavy atom. The average molecular weight is 231 g/mol. The van der Waals surface area contributed by atoms with Crippen molar-refractivity contribution in [3.63, 3.8) is 0 Å². The van der Waals surface area contributed by atoms with Gasteiger partial charge in [-0.3, -0.25) is 14.9 Å². The first-order chi connectivity index (χ1) is 7.11. The molecule has 1 heterocycles. The lowest BCUT2D eigenvalue weighted by molar-refractivity contribution is -0.128. The van der Waals surface area contributed by atoms with Gasteiger partial charge in [-0.25, -0.2) is 0 Å². The van der Waals surface area contributed by atoms with E-state index in [9.17, 15) is 9.59 Å². The molecule has 1 rings (SSSR count). The second-order valence-corrected chi connectivity index (χ2v) is 4.63. The molecule has 0 saturated carbocycles. The molecule has 0 spiro atoms. The number of rotatable bonds is 4. The summed E-state index contributed by atoms with van der Waals surface area (Å²) in [6.45, 7) is 0.415. The Bertz CT molecular complexity index is 240. The molecule has 2 amide bonds. The summed E-state index contributed by atoms with van der Waals surface area (Å²) in [4.78, 5) is 24.2. The standard InChI is InChI=1S/C9H17N3O2S/c1-12(2)8(13)3-4-10-9(14)7-5-15-6-11-7/h7,11H,3-6H2,1-2H3,(H,10,14). The second-order valence-electron chi connectivity index (χ2n) is 3.60. The molecule has 6 heteroatoms. The highest BCUT2D eigenvalue weighted by Crippen LogP contribution is 2.08. The molecule has 5 nitrogen and oxygen atoms in total. The zero-order chi connectivity index (χ0) is 11.3. The summed E-state index contributed by atoms with van der Waals surface area (Å²) in [6.07, 6.45) is 0.360. The monoisotopic (exact) mass is 231 g/mol. The molecule has 1 unspecified atom stereocenters. The van der Waals surface area contributed by atoms with Gasteiger partial charge in [0.15, 0.2) is 0 Å². The van der Waals surface area contributed by atoms with Gasteiger partial charge in [-0.2, -0.15) is 0 Å². The molecule has 1 atom stereocenters. The maximum Gasteiger partial charge on any atom is 0.238 e. The van der Waals surface area contributed by atoms with Crippen LogP contribution in [0.4, 0.5) is 0 Å². The number of nitrogens with zero attached hydrogens (tertiary/aromatic N) is 1. The third kappa shape index (κ3) is 4.09. The highest BCUT2D eigenvalue weighted by atomic mass is 32.2. The molecule has 0 bridgehead atoms. The second kappa shape index (κ2) is 5.97. The van der Waals surface area contributed by atoms with Gasteiger partial charge in [0.25, 0.3) is 0 Å². The summed E-state index contributed by atoms with van der Waals surface area (Å²) in [5.74, 6) is 1.66. The summed E-state index contributed by atoms with van der Waals surface area (Å²) in [5.41, 5.74) is 0. The first kappa shape index (κ1) is 12.3. The molecule has 0 aromatic heterocycles. The van der Waals surface area contributed by atoms with E-state index in [0.717, 1.165) is 11.6 Å². The third-order valence-corrected chi connectivity index (χ3v) is 3.11. The van der Waals surface area contributed by atoms with Crippen LogP contribution >= 0.6 is 11.8 Å². The fourth-order valence-corrected chi connectivity index (χ4v) is 2.14. The number of thioether (sulfide) groups is 1. The Kier molecular flexibility index (Phi) is 4.90. The van der Waals surface area contributed by atoms with Crippen LogP contribution < -0.4 is 10.6 Å². The van der Waals surface area contributed by atoms with E-state index in [1.54, 1.807) is 25.9 Å². The van der Waals surface area contributed by atoms with Crippen LogP contribution in [0.3, 0.4) is 0 Å². The summed E-state index contributed by atoms with van der Waals surface area (Å²) < 4.78 is 0. The van der Waals surface area contributed by atoms with Crippen LogP contribution in [0.2, 0.25) is 0 Å². The van der Waals surface area contributed by atoms with Crippen LogP contribution in [-0.2, 0) is 9.59 Å². The van der Waals surface area contributed by atoms with E-state index >= 15 is 0 Å². The smallest absolute Gasteiger partial charge is 0.238 e. The number of carbonyl (C=O) groups is 2. The van der Waals surface area contributed by atoms with Crippen molar-refractivity contribution in [1.82, 2.24) is 15.5 Å². The molecule has 1 fully saturated rings. The molecule has 1 saturated heterocycles. The van der Waals surface area contributed by atoms with Gasteiger partial charge < -0.3 is 10.2 Å². The van der Waals surface area contributed by atoms with E-state index in [1.807, 2.05) is 0 Å². The van der Waals surface area contributed by atoms with Crippen LogP contribution in [-0.4, -0.2) is 55.0 Å². The van der Waals surface area contributed by atoms with Crippen LogP contribution in [0.15, 0.2) is 0 Å². The number of hydrogen-bond acceptors (Lipinski definition) is 4. The Morgan fingerprint density at radius 2 is 2.27 bits per heavy atom. The van der Waals surface area contributed by atoms with Gasteiger partial charge in [0, 0.05) is 38.7 Å². The Balaban J connectivity index is 2.14. The first-order valence-corrected chi connectivity index (χ1v) is 6.05. The molecule has 0 radical (unpaired) electrons. The SMILES string of the molecule is CN(C)C(=O)CCNC(=O)C1CSCN1. The van der Waals surface area contributed by atoms with Gasteiger partial charge in [0.2, 0.25) is 11.8 Å². The Morgan fingerprint density at radius 1 is 1.53 bits per heavy atom. The largest absolute Gasteiger partial charge is 0.354 e. The van der Waals surface area contributed by atoms with Crippen molar-refractivity contribution in [2.24, 2.45) is 0 Å². The van der Waals surface area contributed by atoms with Crippen molar-refractivity contribution in [3.05, 3.63) is 0 Å². The number of amides is 2. The predicted molar refractivity (Wildman–Crippen MR) is 60.6 cm³/mol. The number of nitrogens with one attached hydrogen (secondary N) is 2. The van der Waals surface area contributed by atoms with Crippen molar-refractivity contribution < 1.29 is 9.59 Å². The van der Waals surface area contributed by atoms with E-state index in [4.69, 9.17) is 0 Å². The lowest BCUT2D eigenvalue weighted by Crippen LogP contribution is -2.43. The normalized spacial score (nSPS) is 20.0. The van der Waals surface area contributed by atoms with E-state index in [-0.39, 0.29) is 17.9 Å². The molecule has 0 aliphatic carbocycles. The molecule has 1 aliphatic rings. The van der Waals surface area contributed by atoms with Crippen molar-refractivity contribution in [1.29, 1.82) is 0 Å². The number of carbonyl (C=O) groups excluding carboxylic acids is 2. The molecule has 0 aromatic rings. The highest BCUT2D eigenvalue weighted by Gasteiger charge is 2.21. The summed E-state index contributed by atoms with van der Waals surface area (Å²) in [5, 5.41) is 5.82. The lowest BCUT2D eigenvalue weighted by Gasteiger charge is -2.12. The molecule has 1 aliphatic heterocycles. The topological polar surface area (TPSA) is 61.4 Å². The fourth-order valence-electron chi connectivity index (χ4n) is 1.20. The minimum atomic E-state index is -0.0931. The van der Waals surface area contributed by atoms with Gasteiger partial charge >= 0.3 is 0 Å². The van der Waals surface area contributed by atoms with Crippen LogP contribution in [0.5, 0.6) is 0 Å². The highest BCUT2D eigenvalue weighted by molar-refractivity contribution is 7.99. The summed E-state index contributed by atoms with van der Waals surface area (Å²) in [6, 6.07) is -0.0931. The maximum absolute atomic E-state index is 11.5. The molecule has 0 aromatic carbocycles. The molecular weight excluding hydrogens is 214 g/mol. The first-order valence-electron chi connectivity index (χ1n) is 4.90. The molecular formula is C9H17N3O2S. The van der Waals surface area contributed by atoms with Crippen LogP contribution in [0.1, 0.15) is 6.42 Å². The van der Waals surface area contributed by atoms with Gasteiger partial charge in [-0.15, -0.1) is 11.8 Å². The predicted octanol–water partition coefficient (Wildman–Crippen LogP) is -0.757. The number of hydrogen-bond donors (Lipinski definition) is 2. The average Bonchev–Trinajstić information content (AvgIpc) is 2.70. The van der Waals surface area contributed by atoms with Gasteiger partial charge in [0.05, 0.1) is 6.04 Å². The Hall–Kier alpha value is -0.750. The van der Waals surface area contributed by atoms with E-state index in [1.165, 1.54) is 4.90 Å². The van der Waals surface area contributed by atoms with E-state index < -0.39 is 0 Å². The minimum Gasteiger partial charge on any atom is -0.354 e. The summed E-state index contributed by atoms with van der Waals surface area (Å²) in [7, 11) is 3.42. The van der Waals surface area contributed by atoms with Gasteiger partial charge in [0.1, 0.15) is 0 Å². The molecule has 86 valence electrons. The van der Waals surface area contributed by atoms with E-state index in [0.29, 0.717) is 13.0 Å². The van der Waals surface area contributed by atoms with Crippen molar-refractivity contribution in [3.8, 4) is 0 Å². The Labute approximate surface area is 94.0 Å².